The standard InChI is InChI=1S/C19H19FN4O2S/c20-14-6-1-2-7-15(14)21-19(25)13-5-3-9-24(11-13)12-17-22-18(23-26-17)16-8-4-10-27-16/h1-2,4,6-8,10,13H,3,5,9,11-12H2,(H,21,25). The fourth-order valence-corrected chi connectivity index (χ4v) is 3.88. The lowest BCUT2D eigenvalue weighted by atomic mass is 9.97. The maximum absolute atomic E-state index is 13.7. The zero-order valence-electron chi connectivity index (χ0n) is 14.6. The number of hydrogen-bond acceptors (Lipinski definition) is 6. The Morgan fingerprint density at radius 2 is 2.22 bits per heavy atom. The van der Waals surface area contributed by atoms with Crippen LogP contribution < -0.4 is 5.32 Å². The number of halogens is 1. The Morgan fingerprint density at radius 3 is 3.04 bits per heavy atom. The molecule has 1 aliphatic rings. The molecule has 3 aromatic rings. The molecular weight excluding hydrogens is 367 g/mol. The minimum atomic E-state index is -0.425. The highest BCUT2D eigenvalue weighted by atomic mass is 32.1. The number of thiophene rings is 1. The lowest BCUT2D eigenvalue weighted by Gasteiger charge is -2.30. The average molecular weight is 386 g/mol. The van der Waals surface area contributed by atoms with Crippen LogP contribution in [0.5, 0.6) is 0 Å². The molecule has 0 radical (unpaired) electrons. The van der Waals surface area contributed by atoms with Gasteiger partial charge in [-0.2, -0.15) is 4.98 Å². The predicted molar refractivity (Wildman–Crippen MR) is 101 cm³/mol. The summed E-state index contributed by atoms with van der Waals surface area (Å²) >= 11 is 1.56. The predicted octanol–water partition coefficient (Wildman–Crippen LogP) is 3.79. The molecule has 4 rings (SSSR count). The molecule has 2 aromatic heterocycles. The maximum Gasteiger partial charge on any atom is 0.241 e. The van der Waals surface area contributed by atoms with E-state index in [0.717, 1.165) is 24.3 Å². The van der Waals surface area contributed by atoms with Crippen molar-refractivity contribution < 1.29 is 13.7 Å². The van der Waals surface area contributed by atoms with Gasteiger partial charge in [-0.05, 0) is 43.0 Å². The van der Waals surface area contributed by atoms with Gasteiger partial charge >= 0.3 is 0 Å². The molecule has 1 aromatic carbocycles. The van der Waals surface area contributed by atoms with Gasteiger partial charge in [0, 0.05) is 6.54 Å². The number of carbonyl (C=O) groups excluding carboxylic acids is 1. The van der Waals surface area contributed by atoms with Crippen LogP contribution in [-0.4, -0.2) is 34.0 Å². The quantitative estimate of drug-likeness (QED) is 0.722. The molecule has 1 N–H and O–H groups in total. The van der Waals surface area contributed by atoms with E-state index in [9.17, 15) is 9.18 Å². The van der Waals surface area contributed by atoms with Gasteiger partial charge in [-0.25, -0.2) is 4.39 Å². The minimum Gasteiger partial charge on any atom is -0.338 e. The van der Waals surface area contributed by atoms with Crippen LogP contribution in [0.15, 0.2) is 46.3 Å². The van der Waals surface area contributed by atoms with Crippen molar-refractivity contribution in [2.24, 2.45) is 5.92 Å². The first-order valence-electron chi connectivity index (χ1n) is 8.83. The van der Waals surface area contributed by atoms with Crippen LogP contribution in [0.25, 0.3) is 10.7 Å². The maximum atomic E-state index is 13.7. The molecule has 140 valence electrons. The topological polar surface area (TPSA) is 71.3 Å². The fourth-order valence-electron chi connectivity index (χ4n) is 3.23. The van der Waals surface area contributed by atoms with E-state index in [-0.39, 0.29) is 17.5 Å². The average Bonchev–Trinajstić information content (AvgIpc) is 3.35. The van der Waals surface area contributed by atoms with E-state index in [1.165, 1.54) is 6.07 Å². The number of amides is 1. The number of anilines is 1. The summed E-state index contributed by atoms with van der Waals surface area (Å²) in [5.41, 5.74) is 0.220. The van der Waals surface area contributed by atoms with Crippen molar-refractivity contribution in [3.8, 4) is 10.7 Å². The zero-order chi connectivity index (χ0) is 18.6. The van der Waals surface area contributed by atoms with Crippen LogP contribution >= 0.6 is 11.3 Å². The Morgan fingerprint density at radius 1 is 1.33 bits per heavy atom. The number of nitrogens with one attached hydrogen (secondary N) is 1. The number of aromatic nitrogens is 2. The molecule has 8 heteroatoms. The summed E-state index contributed by atoms with van der Waals surface area (Å²) < 4.78 is 19.1. The van der Waals surface area contributed by atoms with Crippen molar-refractivity contribution in [2.45, 2.75) is 19.4 Å². The highest BCUT2D eigenvalue weighted by molar-refractivity contribution is 7.13. The number of carbonyl (C=O) groups is 1. The molecule has 1 atom stereocenters. The second-order valence-corrected chi connectivity index (χ2v) is 7.48. The van der Waals surface area contributed by atoms with Gasteiger partial charge in [0.2, 0.25) is 17.6 Å². The molecule has 27 heavy (non-hydrogen) atoms. The van der Waals surface area contributed by atoms with Crippen molar-refractivity contribution in [3.63, 3.8) is 0 Å². The monoisotopic (exact) mass is 386 g/mol. The summed E-state index contributed by atoms with van der Waals surface area (Å²) in [7, 11) is 0. The first kappa shape index (κ1) is 17.8. The van der Waals surface area contributed by atoms with Gasteiger partial charge < -0.3 is 9.84 Å². The van der Waals surface area contributed by atoms with Gasteiger partial charge in [0.25, 0.3) is 0 Å². The second kappa shape index (κ2) is 7.98. The highest BCUT2D eigenvalue weighted by Gasteiger charge is 2.27. The number of hydrogen-bond donors (Lipinski definition) is 1. The third-order valence-corrected chi connectivity index (χ3v) is 5.44. The Labute approximate surface area is 160 Å². The number of nitrogens with zero attached hydrogens (tertiary/aromatic N) is 3. The molecule has 6 nitrogen and oxygen atoms in total. The molecule has 1 fully saturated rings. The molecule has 1 unspecified atom stereocenters. The molecule has 3 heterocycles. The number of rotatable bonds is 5. The summed E-state index contributed by atoms with van der Waals surface area (Å²) in [5, 5.41) is 8.68. The van der Waals surface area contributed by atoms with E-state index >= 15 is 0 Å². The van der Waals surface area contributed by atoms with Crippen molar-refractivity contribution in [1.82, 2.24) is 15.0 Å². The summed E-state index contributed by atoms with van der Waals surface area (Å²) in [6.07, 6.45) is 1.67. The Kier molecular flexibility index (Phi) is 5.26. The molecule has 1 amide bonds. The van der Waals surface area contributed by atoms with Crippen LogP contribution in [0.1, 0.15) is 18.7 Å². The highest BCUT2D eigenvalue weighted by Crippen LogP contribution is 2.24. The van der Waals surface area contributed by atoms with E-state index in [0.29, 0.717) is 24.8 Å². The Hall–Kier alpha value is -2.58. The first-order valence-corrected chi connectivity index (χ1v) is 9.71. The normalized spacial score (nSPS) is 17.7. The molecule has 1 saturated heterocycles. The lowest BCUT2D eigenvalue weighted by molar-refractivity contribution is -0.121. The fraction of sp³-hybridized carbons (Fsp3) is 0.316. The molecule has 0 aliphatic carbocycles. The first-order chi connectivity index (χ1) is 13.2. The van der Waals surface area contributed by atoms with Gasteiger partial charge in [-0.3, -0.25) is 9.69 Å². The summed E-state index contributed by atoms with van der Waals surface area (Å²) in [5.74, 6) is 0.345. The van der Waals surface area contributed by atoms with E-state index in [1.54, 1.807) is 29.5 Å². The lowest BCUT2D eigenvalue weighted by Crippen LogP contribution is -2.40. The van der Waals surface area contributed by atoms with Gasteiger partial charge in [-0.15, -0.1) is 11.3 Å². The van der Waals surface area contributed by atoms with Gasteiger partial charge in [-0.1, -0.05) is 23.4 Å². The molecule has 0 bridgehead atoms. The number of likely N-dealkylation sites (tertiary alicyclic amines) is 1. The number of piperidine rings is 1. The van der Waals surface area contributed by atoms with Crippen molar-refractivity contribution in [3.05, 3.63) is 53.5 Å². The molecular formula is C19H19FN4O2S. The summed E-state index contributed by atoms with van der Waals surface area (Å²) in [6.45, 7) is 1.94. The molecule has 0 saturated carbocycles. The minimum absolute atomic E-state index is 0.158. The van der Waals surface area contributed by atoms with Crippen molar-refractivity contribution >= 4 is 22.9 Å². The van der Waals surface area contributed by atoms with Crippen LogP contribution in [0, 0.1) is 11.7 Å². The number of para-hydroxylation sites is 1. The second-order valence-electron chi connectivity index (χ2n) is 6.53. The van der Waals surface area contributed by atoms with Crippen LogP contribution in [0.2, 0.25) is 0 Å². The Bertz CT molecular complexity index is 912. The third kappa shape index (κ3) is 4.23. The van der Waals surface area contributed by atoms with Crippen LogP contribution in [0.4, 0.5) is 10.1 Å². The smallest absolute Gasteiger partial charge is 0.241 e. The van der Waals surface area contributed by atoms with Crippen molar-refractivity contribution in [2.75, 3.05) is 18.4 Å². The molecule has 1 aliphatic heterocycles. The number of benzene rings is 1. The Balaban J connectivity index is 1.37. The van der Waals surface area contributed by atoms with E-state index in [1.807, 2.05) is 17.5 Å². The summed E-state index contributed by atoms with van der Waals surface area (Å²) in [6, 6.07) is 10.1. The molecule has 0 spiro atoms. The zero-order valence-corrected chi connectivity index (χ0v) is 15.4. The van der Waals surface area contributed by atoms with E-state index in [4.69, 9.17) is 4.52 Å². The third-order valence-electron chi connectivity index (χ3n) is 4.58. The van der Waals surface area contributed by atoms with Gasteiger partial charge in [0.1, 0.15) is 5.82 Å². The largest absolute Gasteiger partial charge is 0.338 e. The van der Waals surface area contributed by atoms with Gasteiger partial charge in [0.15, 0.2) is 0 Å². The van der Waals surface area contributed by atoms with E-state index < -0.39 is 5.82 Å². The van der Waals surface area contributed by atoms with Crippen LogP contribution in [-0.2, 0) is 11.3 Å². The van der Waals surface area contributed by atoms with Gasteiger partial charge in [0.05, 0.1) is 23.0 Å². The van der Waals surface area contributed by atoms with Crippen molar-refractivity contribution in [1.29, 1.82) is 0 Å². The SMILES string of the molecule is O=C(Nc1ccccc1F)C1CCCN(Cc2nc(-c3cccs3)no2)C1. The van der Waals surface area contributed by atoms with E-state index in [2.05, 4.69) is 20.4 Å². The van der Waals surface area contributed by atoms with Crippen LogP contribution in [0.3, 0.4) is 0 Å². The summed E-state index contributed by atoms with van der Waals surface area (Å²) in [4.78, 5) is 20.0.